The number of carbonyl (C=O) groups is 1. The minimum Gasteiger partial charge on any atom is -0.507 e. The van der Waals surface area contributed by atoms with E-state index in [0.29, 0.717) is 16.7 Å². The van der Waals surface area contributed by atoms with Crippen LogP contribution in [-0.4, -0.2) is 10.9 Å². The average molecular weight is 459 g/mol. The van der Waals surface area contributed by atoms with E-state index in [1.54, 1.807) is 12.1 Å². The van der Waals surface area contributed by atoms with Gasteiger partial charge in [-0.1, -0.05) is 77.9 Å². The van der Waals surface area contributed by atoms with Crippen molar-refractivity contribution in [3.8, 4) is 11.1 Å². The largest absolute Gasteiger partial charge is 0.507 e. The average Bonchev–Trinajstić information content (AvgIpc) is 2.83. The van der Waals surface area contributed by atoms with Gasteiger partial charge in [0.05, 0.1) is 11.1 Å². The van der Waals surface area contributed by atoms with E-state index in [1.807, 2.05) is 42.5 Å². The Bertz CT molecular complexity index is 1610. The zero-order valence-corrected chi connectivity index (χ0v) is 19.4. The first-order valence-electron chi connectivity index (χ1n) is 11.5. The lowest BCUT2D eigenvalue weighted by atomic mass is 9.77. The topological polar surface area (TPSA) is 67.5 Å². The molecule has 0 atom stereocenters. The van der Waals surface area contributed by atoms with E-state index < -0.39 is 11.2 Å². The minimum absolute atomic E-state index is 0.0560. The SMILES string of the molecule is Cc1ccc2c(c1)Cc1cc(C)ccc1C2=C1C(O)=CC(=O)c2c1occ(-c1ccccc1)c2=O. The molecule has 0 radical (unpaired) electrons. The van der Waals surface area contributed by atoms with Crippen LogP contribution >= 0.6 is 0 Å². The van der Waals surface area contributed by atoms with Crippen molar-refractivity contribution in [2.75, 3.05) is 0 Å². The third kappa shape index (κ3) is 3.29. The molecule has 0 saturated carbocycles. The zero-order chi connectivity index (χ0) is 24.3. The van der Waals surface area contributed by atoms with Crippen molar-refractivity contribution in [2.45, 2.75) is 20.3 Å². The number of carbonyl (C=O) groups excluding carboxylic acids is 1. The molecule has 35 heavy (non-hydrogen) atoms. The lowest BCUT2D eigenvalue weighted by molar-refractivity contribution is 0.103. The molecule has 0 aliphatic heterocycles. The number of benzene rings is 3. The van der Waals surface area contributed by atoms with Gasteiger partial charge in [0.1, 0.15) is 17.6 Å². The molecule has 4 heteroatoms. The maximum Gasteiger partial charge on any atom is 0.204 e. The first-order valence-corrected chi connectivity index (χ1v) is 11.5. The fourth-order valence-corrected chi connectivity index (χ4v) is 5.16. The van der Waals surface area contributed by atoms with Crippen LogP contribution in [0.5, 0.6) is 0 Å². The molecule has 1 N–H and O–H groups in total. The predicted octanol–water partition coefficient (Wildman–Crippen LogP) is 6.43. The first kappa shape index (κ1) is 21.1. The first-order chi connectivity index (χ1) is 16.9. The molecule has 2 aliphatic carbocycles. The summed E-state index contributed by atoms with van der Waals surface area (Å²) in [6.07, 6.45) is 3.28. The number of hydrogen-bond donors (Lipinski definition) is 1. The predicted molar refractivity (Wildman–Crippen MR) is 137 cm³/mol. The van der Waals surface area contributed by atoms with E-state index in [0.717, 1.165) is 51.5 Å². The van der Waals surface area contributed by atoms with E-state index in [-0.39, 0.29) is 17.1 Å². The van der Waals surface area contributed by atoms with Crippen LogP contribution in [0.1, 0.15) is 49.5 Å². The van der Waals surface area contributed by atoms with Gasteiger partial charge in [-0.2, -0.15) is 0 Å². The van der Waals surface area contributed by atoms with Crippen LogP contribution in [0, 0.1) is 13.8 Å². The van der Waals surface area contributed by atoms with Gasteiger partial charge < -0.3 is 9.52 Å². The molecule has 1 aromatic heterocycles. The van der Waals surface area contributed by atoms with E-state index in [9.17, 15) is 14.7 Å². The van der Waals surface area contributed by atoms with Crippen molar-refractivity contribution in [3.63, 3.8) is 0 Å². The number of fused-ring (bicyclic) bond motifs is 3. The Kier molecular flexibility index (Phi) is 4.71. The molecule has 0 fully saturated rings. The van der Waals surface area contributed by atoms with Crippen LogP contribution in [0.4, 0.5) is 0 Å². The maximum absolute atomic E-state index is 13.5. The summed E-state index contributed by atoms with van der Waals surface area (Å²) in [5.41, 5.74) is 8.09. The van der Waals surface area contributed by atoms with Crippen LogP contribution in [0.3, 0.4) is 0 Å². The number of aliphatic hydroxyl groups is 1. The summed E-state index contributed by atoms with van der Waals surface area (Å²) in [7, 11) is 0. The van der Waals surface area contributed by atoms with Crippen molar-refractivity contribution < 1.29 is 14.3 Å². The molecular formula is C31H22O4. The highest BCUT2D eigenvalue weighted by Gasteiger charge is 2.34. The number of allylic oxidation sites excluding steroid dienone is 2. The van der Waals surface area contributed by atoms with Gasteiger partial charge in [-0.05, 0) is 48.1 Å². The molecule has 0 bridgehead atoms. The van der Waals surface area contributed by atoms with E-state index in [2.05, 4.69) is 26.0 Å². The van der Waals surface area contributed by atoms with Gasteiger partial charge in [0.15, 0.2) is 11.5 Å². The summed E-state index contributed by atoms with van der Waals surface area (Å²) < 4.78 is 6.02. The highest BCUT2D eigenvalue weighted by molar-refractivity contribution is 6.17. The molecule has 2 aliphatic rings. The van der Waals surface area contributed by atoms with Gasteiger partial charge in [0, 0.05) is 11.6 Å². The molecule has 4 aromatic rings. The molecule has 6 rings (SSSR count). The van der Waals surface area contributed by atoms with Crippen LogP contribution < -0.4 is 5.43 Å². The standard InChI is InChI=1S/C31H22O4/c1-17-8-10-22-20(12-17)14-21-13-18(2)9-11-23(21)27(22)28-25(32)15-26(33)29-30(34)24(16-35-31(28)29)19-6-4-3-5-7-19/h3-13,15-16,32H,14H2,1-2H3. The lowest BCUT2D eigenvalue weighted by Gasteiger charge is -2.27. The third-order valence-corrected chi connectivity index (χ3v) is 6.77. The lowest BCUT2D eigenvalue weighted by Crippen LogP contribution is -2.23. The fraction of sp³-hybridized carbons (Fsp3) is 0.0968. The number of aryl methyl sites for hydroxylation is 2. The smallest absolute Gasteiger partial charge is 0.204 e. The van der Waals surface area contributed by atoms with Gasteiger partial charge in [0.25, 0.3) is 0 Å². The normalized spacial score (nSPS) is 14.2. The highest BCUT2D eigenvalue weighted by atomic mass is 16.3. The quantitative estimate of drug-likeness (QED) is 0.315. The molecule has 0 unspecified atom stereocenters. The monoisotopic (exact) mass is 458 g/mol. The molecule has 3 aromatic carbocycles. The van der Waals surface area contributed by atoms with Crippen LogP contribution in [0.25, 0.3) is 22.3 Å². The number of ketones is 1. The second kappa shape index (κ2) is 7.81. The Morgan fingerprint density at radius 2 is 1.40 bits per heavy atom. The summed E-state index contributed by atoms with van der Waals surface area (Å²) in [6, 6.07) is 21.5. The maximum atomic E-state index is 13.5. The van der Waals surface area contributed by atoms with E-state index in [4.69, 9.17) is 4.42 Å². The van der Waals surface area contributed by atoms with Crippen molar-refractivity contribution in [1.82, 2.24) is 0 Å². The number of hydrogen-bond acceptors (Lipinski definition) is 4. The Morgan fingerprint density at radius 3 is 2.03 bits per heavy atom. The number of rotatable bonds is 1. The molecule has 0 saturated heterocycles. The summed E-state index contributed by atoms with van der Waals surface area (Å²) in [6.45, 7) is 4.10. The van der Waals surface area contributed by atoms with Gasteiger partial charge in [-0.25, -0.2) is 0 Å². The third-order valence-electron chi connectivity index (χ3n) is 6.77. The van der Waals surface area contributed by atoms with E-state index >= 15 is 0 Å². The highest BCUT2D eigenvalue weighted by Crippen LogP contribution is 2.45. The fourth-order valence-electron chi connectivity index (χ4n) is 5.16. The summed E-state index contributed by atoms with van der Waals surface area (Å²) in [5, 5.41) is 11.1. The van der Waals surface area contributed by atoms with Crippen LogP contribution in [0.2, 0.25) is 0 Å². The molecule has 0 spiro atoms. The zero-order valence-electron chi connectivity index (χ0n) is 19.4. The van der Waals surface area contributed by atoms with Crippen molar-refractivity contribution in [2.24, 2.45) is 0 Å². The van der Waals surface area contributed by atoms with Crippen LogP contribution in [-0.2, 0) is 6.42 Å². The minimum atomic E-state index is -0.558. The molecule has 1 heterocycles. The summed E-state index contributed by atoms with van der Waals surface area (Å²) in [4.78, 5) is 26.5. The van der Waals surface area contributed by atoms with E-state index in [1.165, 1.54) is 6.26 Å². The Balaban J connectivity index is 1.70. The van der Waals surface area contributed by atoms with Gasteiger partial charge in [-0.3, -0.25) is 9.59 Å². The van der Waals surface area contributed by atoms with Gasteiger partial charge >= 0.3 is 0 Å². The molecule has 0 amide bonds. The Labute approximate surface area is 202 Å². The van der Waals surface area contributed by atoms with Crippen molar-refractivity contribution in [1.29, 1.82) is 0 Å². The number of aliphatic hydroxyl groups excluding tert-OH is 1. The second-order valence-electron chi connectivity index (χ2n) is 9.19. The van der Waals surface area contributed by atoms with Crippen molar-refractivity contribution in [3.05, 3.63) is 140 Å². The molecule has 170 valence electrons. The second-order valence-corrected chi connectivity index (χ2v) is 9.19. The Hall–Kier alpha value is -4.44. The molecule has 4 nitrogen and oxygen atoms in total. The Morgan fingerprint density at radius 1 is 0.771 bits per heavy atom. The van der Waals surface area contributed by atoms with Crippen molar-refractivity contribution >= 4 is 16.9 Å². The van der Waals surface area contributed by atoms with Gasteiger partial charge in [-0.15, -0.1) is 0 Å². The summed E-state index contributed by atoms with van der Waals surface area (Å²) in [5.74, 6) is -0.653. The van der Waals surface area contributed by atoms with Gasteiger partial charge in [0.2, 0.25) is 5.43 Å². The molecular weight excluding hydrogens is 436 g/mol. The van der Waals surface area contributed by atoms with Crippen LogP contribution in [0.15, 0.2) is 94.0 Å². The summed E-state index contributed by atoms with van der Waals surface area (Å²) >= 11 is 0.